The van der Waals surface area contributed by atoms with Crippen LogP contribution >= 0.6 is 0 Å². The minimum atomic E-state index is -0.730. The molecule has 2 aromatic rings. The van der Waals surface area contributed by atoms with E-state index in [1.807, 2.05) is 18.2 Å². The molecular weight excluding hydrogens is 230 g/mol. The molecule has 1 atom stereocenters. The first-order chi connectivity index (χ1) is 8.77. The minimum Gasteiger partial charge on any atom is -0.387 e. The van der Waals surface area contributed by atoms with Crippen LogP contribution in [0.4, 0.5) is 0 Å². The highest BCUT2D eigenvalue weighted by molar-refractivity contribution is 5.91. The molecule has 18 heavy (non-hydrogen) atoms. The highest BCUT2D eigenvalue weighted by atomic mass is 16.3. The second-order valence-electron chi connectivity index (χ2n) is 3.73. The SMILES string of the molecule is O=C(NCC(O)c1ccccc1)c1cnccn1. The van der Waals surface area contributed by atoms with Gasteiger partial charge < -0.3 is 10.4 Å². The van der Waals surface area contributed by atoms with E-state index >= 15 is 0 Å². The summed E-state index contributed by atoms with van der Waals surface area (Å²) in [5.41, 5.74) is 0.995. The number of amides is 1. The monoisotopic (exact) mass is 243 g/mol. The van der Waals surface area contributed by atoms with Crippen molar-refractivity contribution >= 4 is 5.91 Å². The van der Waals surface area contributed by atoms with Crippen LogP contribution in [0.2, 0.25) is 0 Å². The summed E-state index contributed by atoms with van der Waals surface area (Å²) in [6, 6.07) is 9.15. The average Bonchev–Trinajstić information content (AvgIpc) is 2.46. The number of nitrogens with one attached hydrogen (secondary N) is 1. The van der Waals surface area contributed by atoms with Crippen LogP contribution in [0.25, 0.3) is 0 Å². The molecule has 5 nitrogen and oxygen atoms in total. The van der Waals surface area contributed by atoms with Crippen LogP contribution in [0, 0.1) is 0 Å². The molecule has 0 saturated carbocycles. The van der Waals surface area contributed by atoms with E-state index in [0.717, 1.165) is 5.56 Å². The summed E-state index contributed by atoms with van der Waals surface area (Å²) >= 11 is 0. The lowest BCUT2D eigenvalue weighted by Crippen LogP contribution is -2.29. The number of carbonyl (C=O) groups is 1. The summed E-state index contributed by atoms with van der Waals surface area (Å²) in [6.07, 6.45) is 3.59. The molecule has 0 spiro atoms. The molecule has 92 valence electrons. The van der Waals surface area contributed by atoms with Gasteiger partial charge in [-0.1, -0.05) is 30.3 Å². The second-order valence-corrected chi connectivity index (χ2v) is 3.73. The van der Waals surface area contributed by atoms with Gasteiger partial charge in [-0.2, -0.15) is 0 Å². The molecule has 0 fully saturated rings. The second kappa shape index (κ2) is 5.88. The van der Waals surface area contributed by atoms with Crippen LogP contribution in [0.15, 0.2) is 48.9 Å². The molecule has 1 heterocycles. The van der Waals surface area contributed by atoms with Crippen LogP contribution < -0.4 is 5.32 Å². The average molecular weight is 243 g/mol. The van der Waals surface area contributed by atoms with Crippen LogP contribution in [0.3, 0.4) is 0 Å². The highest BCUT2D eigenvalue weighted by Gasteiger charge is 2.11. The molecule has 0 radical (unpaired) electrons. The molecule has 5 heteroatoms. The third kappa shape index (κ3) is 3.11. The van der Waals surface area contributed by atoms with Gasteiger partial charge in [-0.15, -0.1) is 0 Å². The zero-order chi connectivity index (χ0) is 12.8. The maximum atomic E-state index is 11.7. The smallest absolute Gasteiger partial charge is 0.271 e. The first-order valence-electron chi connectivity index (χ1n) is 5.54. The fourth-order valence-corrected chi connectivity index (χ4v) is 1.49. The zero-order valence-electron chi connectivity index (χ0n) is 9.65. The summed E-state index contributed by atoms with van der Waals surface area (Å²) in [5.74, 6) is -0.349. The minimum absolute atomic E-state index is 0.138. The standard InChI is InChI=1S/C13H13N3O2/c17-12(10-4-2-1-3-5-10)9-16-13(18)11-8-14-6-7-15-11/h1-8,12,17H,9H2,(H,16,18). The Morgan fingerprint density at radius 2 is 2.06 bits per heavy atom. The Kier molecular flexibility index (Phi) is 3.98. The lowest BCUT2D eigenvalue weighted by atomic mass is 10.1. The van der Waals surface area contributed by atoms with Gasteiger partial charge in [0.25, 0.3) is 5.91 Å². The number of carbonyl (C=O) groups excluding carboxylic acids is 1. The number of rotatable bonds is 4. The lowest BCUT2D eigenvalue weighted by molar-refractivity contribution is 0.0911. The van der Waals surface area contributed by atoms with Gasteiger partial charge in [-0.05, 0) is 5.56 Å². The summed E-state index contributed by atoms with van der Waals surface area (Å²) < 4.78 is 0. The fraction of sp³-hybridized carbons (Fsp3) is 0.154. The maximum absolute atomic E-state index is 11.7. The van der Waals surface area contributed by atoms with Crippen LogP contribution in [0.5, 0.6) is 0 Å². The van der Waals surface area contributed by atoms with E-state index in [1.54, 1.807) is 12.1 Å². The van der Waals surface area contributed by atoms with E-state index in [-0.39, 0.29) is 18.1 Å². The first kappa shape index (κ1) is 12.2. The molecule has 0 saturated heterocycles. The molecule has 1 aromatic carbocycles. The zero-order valence-corrected chi connectivity index (χ0v) is 9.65. The summed E-state index contributed by atoms with van der Waals surface area (Å²) in [6.45, 7) is 0.138. The molecule has 2 rings (SSSR count). The van der Waals surface area contributed by atoms with Gasteiger partial charge in [0.2, 0.25) is 0 Å². The molecule has 2 N–H and O–H groups in total. The molecule has 0 aliphatic heterocycles. The van der Waals surface area contributed by atoms with Crippen molar-refractivity contribution in [2.45, 2.75) is 6.10 Å². The number of aliphatic hydroxyl groups excluding tert-OH is 1. The van der Waals surface area contributed by atoms with Crippen molar-refractivity contribution in [3.63, 3.8) is 0 Å². The van der Waals surface area contributed by atoms with Gasteiger partial charge in [0.05, 0.1) is 12.3 Å². The fourth-order valence-electron chi connectivity index (χ4n) is 1.49. The van der Waals surface area contributed by atoms with Crippen molar-refractivity contribution in [1.29, 1.82) is 0 Å². The van der Waals surface area contributed by atoms with Crippen molar-refractivity contribution in [2.24, 2.45) is 0 Å². The Morgan fingerprint density at radius 3 is 2.72 bits per heavy atom. The third-order valence-corrected chi connectivity index (χ3v) is 2.44. The molecule has 1 aromatic heterocycles. The molecule has 1 amide bonds. The number of aliphatic hydroxyl groups is 1. The summed E-state index contributed by atoms with van der Waals surface area (Å²) in [7, 11) is 0. The van der Waals surface area contributed by atoms with E-state index in [9.17, 15) is 9.90 Å². The molecule has 0 aliphatic carbocycles. The van der Waals surface area contributed by atoms with Crippen molar-refractivity contribution in [3.8, 4) is 0 Å². The van der Waals surface area contributed by atoms with Crippen molar-refractivity contribution in [2.75, 3.05) is 6.54 Å². The van der Waals surface area contributed by atoms with Gasteiger partial charge in [0.15, 0.2) is 0 Å². The van der Waals surface area contributed by atoms with Crippen molar-refractivity contribution < 1.29 is 9.90 Å². The van der Waals surface area contributed by atoms with Gasteiger partial charge in [0, 0.05) is 18.9 Å². The van der Waals surface area contributed by atoms with Crippen molar-refractivity contribution in [1.82, 2.24) is 15.3 Å². The summed E-state index contributed by atoms with van der Waals surface area (Å²) in [4.78, 5) is 19.3. The molecular formula is C13H13N3O2. The number of nitrogens with zero attached hydrogens (tertiary/aromatic N) is 2. The van der Waals surface area contributed by atoms with Crippen molar-refractivity contribution in [3.05, 3.63) is 60.2 Å². The number of hydrogen-bond donors (Lipinski definition) is 2. The van der Waals surface area contributed by atoms with Crippen LogP contribution in [-0.2, 0) is 0 Å². The van der Waals surface area contributed by atoms with E-state index in [4.69, 9.17) is 0 Å². The van der Waals surface area contributed by atoms with Gasteiger partial charge in [-0.3, -0.25) is 9.78 Å². The predicted molar refractivity (Wildman–Crippen MR) is 65.8 cm³/mol. The van der Waals surface area contributed by atoms with Crippen LogP contribution in [0.1, 0.15) is 22.2 Å². The Labute approximate surface area is 105 Å². The third-order valence-electron chi connectivity index (χ3n) is 2.44. The van der Waals surface area contributed by atoms with Crippen LogP contribution in [-0.4, -0.2) is 27.5 Å². The van der Waals surface area contributed by atoms with E-state index in [0.29, 0.717) is 0 Å². The Hall–Kier alpha value is -2.27. The first-order valence-corrected chi connectivity index (χ1v) is 5.54. The number of hydrogen-bond acceptors (Lipinski definition) is 4. The van der Waals surface area contributed by atoms with E-state index in [1.165, 1.54) is 18.6 Å². The Balaban J connectivity index is 1.91. The van der Waals surface area contributed by atoms with E-state index < -0.39 is 6.10 Å². The Morgan fingerprint density at radius 1 is 1.28 bits per heavy atom. The molecule has 1 unspecified atom stereocenters. The maximum Gasteiger partial charge on any atom is 0.271 e. The number of benzene rings is 1. The van der Waals surface area contributed by atoms with Gasteiger partial charge >= 0.3 is 0 Å². The largest absolute Gasteiger partial charge is 0.387 e. The topological polar surface area (TPSA) is 75.1 Å². The highest BCUT2D eigenvalue weighted by Crippen LogP contribution is 2.10. The molecule has 0 bridgehead atoms. The summed E-state index contributed by atoms with van der Waals surface area (Å²) in [5, 5.41) is 12.5. The molecule has 0 aliphatic rings. The Bertz CT molecular complexity index is 502. The van der Waals surface area contributed by atoms with Gasteiger partial charge in [0.1, 0.15) is 5.69 Å². The lowest BCUT2D eigenvalue weighted by Gasteiger charge is -2.11. The normalized spacial score (nSPS) is 11.8. The quantitative estimate of drug-likeness (QED) is 0.838. The van der Waals surface area contributed by atoms with E-state index in [2.05, 4.69) is 15.3 Å². The number of aromatic nitrogens is 2. The predicted octanol–water partition coefficient (Wildman–Crippen LogP) is 0.940. The van der Waals surface area contributed by atoms with Gasteiger partial charge in [-0.25, -0.2) is 4.98 Å².